The lowest BCUT2D eigenvalue weighted by Gasteiger charge is -2.00. The number of hydrogen-bond donors (Lipinski definition) is 1. The zero-order chi connectivity index (χ0) is 11.5. The highest BCUT2D eigenvalue weighted by atomic mass is 127. The molecule has 2 aromatic rings. The van der Waals surface area contributed by atoms with Crippen LogP contribution >= 0.6 is 22.6 Å². The van der Waals surface area contributed by atoms with Gasteiger partial charge in [-0.25, -0.2) is 0 Å². The first-order chi connectivity index (χ1) is 7.70. The molecule has 84 valence electrons. The second-order valence-electron chi connectivity index (χ2n) is 3.47. The van der Waals surface area contributed by atoms with Crippen LogP contribution in [-0.4, -0.2) is 10.2 Å². The predicted molar refractivity (Wildman–Crippen MR) is 69.7 cm³/mol. The third-order valence-electron chi connectivity index (χ3n) is 2.27. The third-order valence-corrected chi connectivity index (χ3v) is 2.94. The Morgan fingerprint density at radius 2 is 2.25 bits per heavy atom. The van der Waals surface area contributed by atoms with Crippen molar-refractivity contribution in [2.75, 3.05) is 0 Å². The zero-order valence-corrected chi connectivity index (χ0v) is 11.0. The summed E-state index contributed by atoms with van der Waals surface area (Å²) in [6.07, 6.45) is 0.786. The van der Waals surface area contributed by atoms with Crippen LogP contribution in [0.5, 0.6) is 0 Å². The molecule has 0 aliphatic rings. The van der Waals surface area contributed by atoms with Crippen molar-refractivity contribution in [3.8, 4) is 11.5 Å². The van der Waals surface area contributed by atoms with E-state index in [0.717, 1.165) is 15.6 Å². The molecule has 1 aromatic carbocycles. The number of rotatable bonds is 3. The highest BCUT2D eigenvalue weighted by Gasteiger charge is 2.13. The van der Waals surface area contributed by atoms with Gasteiger partial charge < -0.3 is 10.2 Å². The Morgan fingerprint density at radius 1 is 1.44 bits per heavy atom. The normalized spacial score (nSPS) is 12.7. The van der Waals surface area contributed by atoms with Crippen molar-refractivity contribution in [2.24, 2.45) is 5.73 Å². The molecule has 0 aliphatic carbocycles. The van der Waals surface area contributed by atoms with Gasteiger partial charge in [-0.15, -0.1) is 10.2 Å². The highest BCUT2D eigenvalue weighted by molar-refractivity contribution is 14.1. The molecule has 1 atom stereocenters. The minimum atomic E-state index is -0.177. The van der Waals surface area contributed by atoms with Crippen molar-refractivity contribution >= 4 is 22.6 Å². The van der Waals surface area contributed by atoms with E-state index in [9.17, 15) is 0 Å². The molecule has 4 nitrogen and oxygen atoms in total. The Labute approximate surface area is 107 Å². The van der Waals surface area contributed by atoms with Crippen LogP contribution in [0.25, 0.3) is 11.5 Å². The van der Waals surface area contributed by atoms with Gasteiger partial charge in [-0.2, -0.15) is 0 Å². The number of aromatic nitrogens is 2. The van der Waals surface area contributed by atoms with Gasteiger partial charge in [-0.05, 0) is 47.2 Å². The van der Waals surface area contributed by atoms with Gasteiger partial charge >= 0.3 is 0 Å². The third kappa shape index (κ3) is 2.41. The fraction of sp³-hybridized carbons (Fsp3) is 0.273. The summed E-state index contributed by atoms with van der Waals surface area (Å²) in [5.41, 5.74) is 6.74. The van der Waals surface area contributed by atoms with Crippen molar-refractivity contribution in [1.29, 1.82) is 0 Å². The van der Waals surface area contributed by atoms with E-state index in [-0.39, 0.29) is 6.04 Å². The van der Waals surface area contributed by atoms with Gasteiger partial charge in [0.25, 0.3) is 0 Å². The summed E-state index contributed by atoms with van der Waals surface area (Å²) in [6.45, 7) is 1.99. The maximum absolute atomic E-state index is 5.82. The molecule has 16 heavy (non-hydrogen) atoms. The van der Waals surface area contributed by atoms with E-state index in [1.54, 1.807) is 0 Å². The van der Waals surface area contributed by atoms with Crippen molar-refractivity contribution < 1.29 is 4.42 Å². The monoisotopic (exact) mass is 329 g/mol. The molecule has 1 heterocycles. The molecule has 1 unspecified atom stereocenters. The van der Waals surface area contributed by atoms with Crippen molar-refractivity contribution in [3.63, 3.8) is 0 Å². The van der Waals surface area contributed by atoms with E-state index in [0.29, 0.717) is 11.8 Å². The minimum Gasteiger partial charge on any atom is -0.419 e. The van der Waals surface area contributed by atoms with E-state index in [1.807, 2.05) is 31.2 Å². The summed E-state index contributed by atoms with van der Waals surface area (Å²) in [5, 5.41) is 7.95. The zero-order valence-electron chi connectivity index (χ0n) is 8.85. The quantitative estimate of drug-likeness (QED) is 0.880. The highest BCUT2D eigenvalue weighted by Crippen LogP contribution is 2.22. The SMILES string of the molecule is CCC(N)c1nnc(-c2cccc(I)c2)o1. The van der Waals surface area contributed by atoms with Crippen LogP contribution in [0.2, 0.25) is 0 Å². The van der Waals surface area contributed by atoms with Crippen LogP contribution in [-0.2, 0) is 0 Å². The summed E-state index contributed by atoms with van der Waals surface area (Å²) >= 11 is 2.25. The number of nitrogens with two attached hydrogens (primary N) is 1. The first-order valence-corrected chi connectivity index (χ1v) is 6.13. The van der Waals surface area contributed by atoms with Crippen LogP contribution in [0.4, 0.5) is 0 Å². The summed E-state index contributed by atoms with van der Waals surface area (Å²) in [4.78, 5) is 0. The van der Waals surface area contributed by atoms with Crippen molar-refractivity contribution in [2.45, 2.75) is 19.4 Å². The van der Waals surface area contributed by atoms with Gasteiger partial charge in [-0.3, -0.25) is 0 Å². The minimum absolute atomic E-state index is 0.177. The molecule has 0 saturated heterocycles. The molecule has 0 bridgehead atoms. The maximum Gasteiger partial charge on any atom is 0.247 e. The average Bonchev–Trinajstić information content (AvgIpc) is 2.77. The van der Waals surface area contributed by atoms with E-state index in [1.165, 1.54) is 0 Å². The Balaban J connectivity index is 2.31. The smallest absolute Gasteiger partial charge is 0.247 e. The van der Waals surface area contributed by atoms with Crippen LogP contribution in [0.3, 0.4) is 0 Å². The number of halogens is 1. The van der Waals surface area contributed by atoms with E-state index < -0.39 is 0 Å². The molecule has 0 spiro atoms. The first kappa shape index (κ1) is 11.5. The lowest BCUT2D eigenvalue weighted by Crippen LogP contribution is -2.08. The summed E-state index contributed by atoms with van der Waals surface area (Å²) in [7, 11) is 0. The number of benzene rings is 1. The summed E-state index contributed by atoms with van der Waals surface area (Å²) in [6, 6.07) is 7.73. The number of hydrogen-bond acceptors (Lipinski definition) is 4. The molecule has 0 radical (unpaired) electrons. The average molecular weight is 329 g/mol. The van der Waals surface area contributed by atoms with Gasteiger partial charge in [0.15, 0.2) is 0 Å². The van der Waals surface area contributed by atoms with Gasteiger partial charge in [0.05, 0.1) is 6.04 Å². The van der Waals surface area contributed by atoms with E-state index in [4.69, 9.17) is 10.2 Å². The lowest BCUT2D eigenvalue weighted by atomic mass is 10.2. The molecular weight excluding hydrogens is 317 g/mol. The van der Waals surface area contributed by atoms with Crippen LogP contribution in [0.1, 0.15) is 25.3 Å². The lowest BCUT2D eigenvalue weighted by molar-refractivity contribution is 0.452. The van der Waals surface area contributed by atoms with Crippen molar-refractivity contribution in [3.05, 3.63) is 33.7 Å². The summed E-state index contributed by atoms with van der Waals surface area (Å²) < 4.78 is 6.66. The molecule has 0 aliphatic heterocycles. The first-order valence-electron chi connectivity index (χ1n) is 5.05. The second kappa shape index (κ2) is 4.92. The molecule has 2 N–H and O–H groups in total. The Bertz CT molecular complexity index is 484. The van der Waals surface area contributed by atoms with Gasteiger partial charge in [-0.1, -0.05) is 13.0 Å². The van der Waals surface area contributed by atoms with Gasteiger partial charge in [0.1, 0.15) is 0 Å². The van der Waals surface area contributed by atoms with Crippen LogP contribution in [0, 0.1) is 3.57 Å². The molecule has 2 rings (SSSR count). The number of nitrogens with zero attached hydrogens (tertiary/aromatic N) is 2. The standard InChI is InChI=1S/C11H12IN3O/c1-2-9(13)11-15-14-10(16-11)7-4-3-5-8(12)6-7/h3-6,9H,2,13H2,1H3. The van der Waals surface area contributed by atoms with Gasteiger partial charge in [0, 0.05) is 9.13 Å². The van der Waals surface area contributed by atoms with E-state index >= 15 is 0 Å². The van der Waals surface area contributed by atoms with Crippen LogP contribution < -0.4 is 5.73 Å². The molecule has 1 aromatic heterocycles. The van der Waals surface area contributed by atoms with Crippen molar-refractivity contribution in [1.82, 2.24) is 10.2 Å². The molecule has 5 heteroatoms. The largest absolute Gasteiger partial charge is 0.419 e. The second-order valence-corrected chi connectivity index (χ2v) is 4.72. The topological polar surface area (TPSA) is 64.9 Å². The fourth-order valence-electron chi connectivity index (χ4n) is 1.30. The maximum atomic E-state index is 5.82. The Kier molecular flexibility index (Phi) is 3.55. The Hall–Kier alpha value is -0.950. The fourth-order valence-corrected chi connectivity index (χ4v) is 1.84. The molecule has 0 saturated carbocycles. The molecule has 0 fully saturated rings. The van der Waals surface area contributed by atoms with Gasteiger partial charge in [0.2, 0.25) is 11.8 Å². The molecule has 0 amide bonds. The molecular formula is C11H12IN3O. The van der Waals surface area contributed by atoms with Crippen LogP contribution in [0.15, 0.2) is 28.7 Å². The van der Waals surface area contributed by atoms with E-state index in [2.05, 4.69) is 32.8 Å². The predicted octanol–water partition coefficient (Wildman–Crippen LogP) is 2.75. The Morgan fingerprint density at radius 3 is 2.94 bits per heavy atom. The summed E-state index contributed by atoms with van der Waals surface area (Å²) in [5.74, 6) is 1.02.